The molecule has 16 heavy (non-hydrogen) atoms. The van der Waals surface area contributed by atoms with Crippen molar-refractivity contribution in [1.82, 2.24) is 10.2 Å². The molecular weight excluding hydrogens is 204 g/mol. The quantitative estimate of drug-likeness (QED) is 0.693. The summed E-state index contributed by atoms with van der Waals surface area (Å²) in [5.74, 6) is 0.705. The first kappa shape index (κ1) is 13.9. The molecule has 0 spiro atoms. The average Bonchev–Trinajstić information content (AvgIpc) is 2.66. The first-order valence-electron chi connectivity index (χ1n) is 6.15. The molecule has 1 aliphatic heterocycles. The molecule has 96 valence electrons. The zero-order chi connectivity index (χ0) is 12.0. The molecule has 0 aromatic heterocycles. The summed E-state index contributed by atoms with van der Waals surface area (Å²) in [6, 6.07) is 1.06. The molecule has 4 nitrogen and oxygen atoms in total. The van der Waals surface area contributed by atoms with Crippen molar-refractivity contribution in [1.29, 1.82) is 0 Å². The van der Waals surface area contributed by atoms with Gasteiger partial charge < -0.3 is 14.8 Å². The van der Waals surface area contributed by atoms with Crippen LogP contribution in [0.25, 0.3) is 0 Å². The van der Waals surface area contributed by atoms with Crippen molar-refractivity contribution in [3.63, 3.8) is 0 Å². The molecule has 0 aliphatic carbocycles. The minimum atomic E-state index is 0.451. The molecule has 0 bridgehead atoms. The maximum atomic E-state index is 5.26. The lowest BCUT2D eigenvalue weighted by Gasteiger charge is -2.35. The van der Waals surface area contributed by atoms with Gasteiger partial charge in [0.1, 0.15) is 0 Å². The van der Waals surface area contributed by atoms with Crippen LogP contribution in [0.2, 0.25) is 0 Å². The van der Waals surface area contributed by atoms with E-state index >= 15 is 0 Å². The Morgan fingerprint density at radius 2 is 2.06 bits per heavy atom. The van der Waals surface area contributed by atoms with Gasteiger partial charge in [0.15, 0.2) is 0 Å². The van der Waals surface area contributed by atoms with E-state index in [1.54, 1.807) is 14.2 Å². The van der Waals surface area contributed by atoms with Crippen LogP contribution in [0, 0.1) is 5.92 Å². The third kappa shape index (κ3) is 3.70. The van der Waals surface area contributed by atoms with Crippen LogP contribution in [0.3, 0.4) is 0 Å². The van der Waals surface area contributed by atoms with Gasteiger partial charge in [-0.25, -0.2) is 0 Å². The Hall–Kier alpha value is -0.160. The van der Waals surface area contributed by atoms with E-state index in [9.17, 15) is 0 Å². The van der Waals surface area contributed by atoms with Gasteiger partial charge in [-0.1, -0.05) is 6.92 Å². The fourth-order valence-electron chi connectivity index (χ4n) is 2.49. The average molecular weight is 230 g/mol. The summed E-state index contributed by atoms with van der Waals surface area (Å²) in [6.45, 7) is 9.29. The zero-order valence-electron chi connectivity index (χ0n) is 11.0. The van der Waals surface area contributed by atoms with Gasteiger partial charge in [0.25, 0.3) is 0 Å². The van der Waals surface area contributed by atoms with Gasteiger partial charge in [-0.05, 0) is 19.4 Å². The smallest absolute Gasteiger partial charge is 0.0615 e. The lowest BCUT2D eigenvalue weighted by Crippen LogP contribution is -2.48. The van der Waals surface area contributed by atoms with E-state index < -0.39 is 0 Å². The molecule has 3 atom stereocenters. The summed E-state index contributed by atoms with van der Waals surface area (Å²) >= 11 is 0. The van der Waals surface area contributed by atoms with E-state index in [1.807, 2.05) is 0 Å². The number of hydrogen-bond acceptors (Lipinski definition) is 4. The molecule has 1 saturated heterocycles. The van der Waals surface area contributed by atoms with Gasteiger partial charge in [-0.3, -0.25) is 4.90 Å². The molecule has 1 rings (SSSR count). The van der Waals surface area contributed by atoms with Crippen molar-refractivity contribution >= 4 is 0 Å². The highest BCUT2D eigenvalue weighted by molar-refractivity contribution is 4.88. The zero-order valence-corrected chi connectivity index (χ0v) is 11.0. The molecule has 1 aliphatic rings. The molecule has 1 N–H and O–H groups in total. The maximum absolute atomic E-state index is 5.26. The number of methoxy groups -OCH3 is 2. The van der Waals surface area contributed by atoms with Gasteiger partial charge in [-0.15, -0.1) is 0 Å². The minimum absolute atomic E-state index is 0.451. The Bertz CT molecular complexity index is 190. The van der Waals surface area contributed by atoms with Crippen molar-refractivity contribution in [2.45, 2.75) is 25.9 Å². The highest BCUT2D eigenvalue weighted by atomic mass is 16.5. The summed E-state index contributed by atoms with van der Waals surface area (Å²) < 4.78 is 10.4. The fourth-order valence-corrected chi connectivity index (χ4v) is 2.49. The molecule has 0 radical (unpaired) electrons. The number of nitrogens with one attached hydrogen (secondary N) is 1. The Labute approximate surface area is 99.3 Å². The number of rotatable bonds is 7. The first-order chi connectivity index (χ1) is 7.70. The normalized spacial score (nSPS) is 27.6. The Kier molecular flexibility index (Phi) is 6.28. The fraction of sp³-hybridized carbons (Fsp3) is 1.00. The predicted octanol–water partition coefficient (Wildman–Crippen LogP) is 0.578. The molecule has 0 saturated carbocycles. The molecule has 1 heterocycles. The molecule has 0 amide bonds. The van der Waals surface area contributed by atoms with Gasteiger partial charge in [0.2, 0.25) is 0 Å². The second-order valence-electron chi connectivity index (χ2n) is 4.74. The van der Waals surface area contributed by atoms with Gasteiger partial charge in [-0.2, -0.15) is 0 Å². The SMILES string of the molecule is COCCN(C(C)COC)C1CNCC1C. The van der Waals surface area contributed by atoms with Crippen LogP contribution < -0.4 is 5.32 Å². The van der Waals surface area contributed by atoms with Crippen LogP contribution in [0.1, 0.15) is 13.8 Å². The first-order valence-corrected chi connectivity index (χ1v) is 6.15. The van der Waals surface area contributed by atoms with E-state index in [1.165, 1.54) is 0 Å². The van der Waals surface area contributed by atoms with Crippen molar-refractivity contribution in [3.05, 3.63) is 0 Å². The van der Waals surface area contributed by atoms with E-state index in [-0.39, 0.29) is 0 Å². The van der Waals surface area contributed by atoms with Gasteiger partial charge >= 0.3 is 0 Å². The summed E-state index contributed by atoms with van der Waals surface area (Å²) in [5, 5.41) is 3.45. The van der Waals surface area contributed by atoms with E-state index in [2.05, 4.69) is 24.1 Å². The van der Waals surface area contributed by atoms with Crippen LogP contribution in [0.5, 0.6) is 0 Å². The van der Waals surface area contributed by atoms with E-state index in [4.69, 9.17) is 9.47 Å². The maximum Gasteiger partial charge on any atom is 0.0615 e. The third-order valence-electron chi connectivity index (χ3n) is 3.43. The Balaban J connectivity index is 2.54. The summed E-state index contributed by atoms with van der Waals surface area (Å²) in [4.78, 5) is 2.51. The van der Waals surface area contributed by atoms with Crippen LogP contribution in [-0.4, -0.2) is 64.1 Å². The highest BCUT2D eigenvalue weighted by Gasteiger charge is 2.31. The number of nitrogens with zero attached hydrogens (tertiary/aromatic N) is 1. The lowest BCUT2D eigenvalue weighted by molar-refractivity contribution is 0.0419. The summed E-state index contributed by atoms with van der Waals surface area (Å²) in [7, 11) is 3.52. The Morgan fingerprint density at radius 3 is 2.56 bits per heavy atom. The second-order valence-corrected chi connectivity index (χ2v) is 4.74. The summed E-state index contributed by atoms with van der Waals surface area (Å²) in [6.07, 6.45) is 0. The topological polar surface area (TPSA) is 33.7 Å². The number of ether oxygens (including phenoxy) is 2. The molecule has 1 fully saturated rings. The predicted molar refractivity (Wildman–Crippen MR) is 65.7 cm³/mol. The van der Waals surface area contributed by atoms with Crippen molar-refractivity contribution in [2.75, 3.05) is 47.1 Å². The monoisotopic (exact) mass is 230 g/mol. The van der Waals surface area contributed by atoms with Gasteiger partial charge in [0, 0.05) is 39.4 Å². The minimum Gasteiger partial charge on any atom is -0.383 e. The third-order valence-corrected chi connectivity index (χ3v) is 3.43. The molecular formula is C12H26N2O2. The number of hydrogen-bond donors (Lipinski definition) is 1. The molecule has 0 aromatic carbocycles. The van der Waals surface area contributed by atoms with Gasteiger partial charge in [0.05, 0.1) is 13.2 Å². The summed E-state index contributed by atoms with van der Waals surface area (Å²) in [5.41, 5.74) is 0. The molecule has 4 heteroatoms. The highest BCUT2D eigenvalue weighted by Crippen LogP contribution is 2.18. The van der Waals surface area contributed by atoms with Crippen LogP contribution in [0.15, 0.2) is 0 Å². The Morgan fingerprint density at radius 1 is 1.31 bits per heavy atom. The van der Waals surface area contributed by atoms with Crippen LogP contribution in [-0.2, 0) is 9.47 Å². The second kappa shape index (κ2) is 7.22. The lowest BCUT2D eigenvalue weighted by atomic mass is 10.0. The van der Waals surface area contributed by atoms with E-state index in [0.717, 1.165) is 32.8 Å². The van der Waals surface area contributed by atoms with Crippen molar-refractivity contribution in [2.24, 2.45) is 5.92 Å². The van der Waals surface area contributed by atoms with Crippen LogP contribution in [0.4, 0.5) is 0 Å². The van der Waals surface area contributed by atoms with Crippen molar-refractivity contribution < 1.29 is 9.47 Å². The molecule has 0 aromatic rings. The largest absolute Gasteiger partial charge is 0.383 e. The standard InChI is InChI=1S/C12H26N2O2/c1-10-7-13-8-12(10)14(5-6-15-3)11(2)9-16-4/h10-13H,5-9H2,1-4H3. The van der Waals surface area contributed by atoms with Crippen molar-refractivity contribution in [3.8, 4) is 0 Å². The van der Waals surface area contributed by atoms with Crippen LogP contribution >= 0.6 is 0 Å². The van der Waals surface area contributed by atoms with E-state index in [0.29, 0.717) is 18.0 Å². The molecule has 3 unspecified atom stereocenters.